The average Bonchev–Trinajstić information content (AvgIpc) is 3.26. The van der Waals surface area contributed by atoms with Crippen molar-refractivity contribution in [3.8, 4) is 0 Å². The number of hydrogen-bond acceptors (Lipinski definition) is 2. The van der Waals surface area contributed by atoms with E-state index in [1.165, 1.54) is 25.7 Å². The normalized spacial score (nSPS) is 19.3. The zero-order valence-electron chi connectivity index (χ0n) is 11.9. The molecule has 1 aliphatic heterocycles. The number of nitrogens with one attached hydrogen (secondary N) is 2. The van der Waals surface area contributed by atoms with E-state index < -0.39 is 0 Å². The minimum atomic E-state index is -0.0743. The monoisotopic (exact) mass is 273 g/mol. The van der Waals surface area contributed by atoms with Crippen LogP contribution < -0.4 is 15.5 Å². The Labute approximate surface area is 120 Å². The molecule has 1 saturated heterocycles. The van der Waals surface area contributed by atoms with Gasteiger partial charge in [-0.1, -0.05) is 25.0 Å². The van der Waals surface area contributed by atoms with Crippen molar-refractivity contribution in [2.75, 3.05) is 23.3 Å². The van der Waals surface area contributed by atoms with Crippen LogP contribution in [0.5, 0.6) is 0 Å². The van der Waals surface area contributed by atoms with Gasteiger partial charge in [-0.05, 0) is 37.8 Å². The summed E-state index contributed by atoms with van der Waals surface area (Å²) in [5, 5.41) is 5.98. The molecule has 4 heteroatoms. The van der Waals surface area contributed by atoms with Crippen molar-refractivity contribution < 1.29 is 4.79 Å². The van der Waals surface area contributed by atoms with Gasteiger partial charge in [-0.3, -0.25) is 0 Å². The quantitative estimate of drug-likeness (QED) is 0.887. The maximum absolute atomic E-state index is 11.9. The molecule has 20 heavy (non-hydrogen) atoms. The summed E-state index contributed by atoms with van der Waals surface area (Å²) in [6.45, 7) is 2.17. The predicted molar refractivity (Wildman–Crippen MR) is 82.3 cm³/mol. The van der Waals surface area contributed by atoms with E-state index in [4.69, 9.17) is 0 Å². The summed E-state index contributed by atoms with van der Waals surface area (Å²) in [7, 11) is 0. The van der Waals surface area contributed by atoms with Crippen molar-refractivity contribution in [1.29, 1.82) is 0 Å². The van der Waals surface area contributed by atoms with Crippen LogP contribution in [-0.4, -0.2) is 25.2 Å². The molecule has 0 unspecified atom stereocenters. The van der Waals surface area contributed by atoms with Crippen molar-refractivity contribution in [1.82, 2.24) is 5.32 Å². The number of carbonyl (C=O) groups is 1. The van der Waals surface area contributed by atoms with E-state index in [0.29, 0.717) is 6.04 Å². The van der Waals surface area contributed by atoms with Gasteiger partial charge in [-0.15, -0.1) is 0 Å². The Balaban J connectivity index is 1.70. The molecule has 0 bridgehead atoms. The van der Waals surface area contributed by atoms with Crippen LogP contribution in [0.2, 0.25) is 0 Å². The van der Waals surface area contributed by atoms with Crippen molar-refractivity contribution in [2.24, 2.45) is 0 Å². The number of amides is 2. The smallest absolute Gasteiger partial charge is 0.319 e. The topological polar surface area (TPSA) is 44.4 Å². The molecule has 2 amide bonds. The maximum atomic E-state index is 11.9. The molecule has 1 aromatic carbocycles. The molecule has 1 saturated carbocycles. The Kier molecular flexibility index (Phi) is 4.09. The highest BCUT2D eigenvalue weighted by Crippen LogP contribution is 2.28. The van der Waals surface area contributed by atoms with E-state index in [-0.39, 0.29) is 6.03 Å². The summed E-state index contributed by atoms with van der Waals surface area (Å²) in [6, 6.07) is 8.44. The minimum Gasteiger partial charge on any atom is -0.370 e. The van der Waals surface area contributed by atoms with Gasteiger partial charge in [0.1, 0.15) is 0 Å². The molecule has 2 fully saturated rings. The fourth-order valence-corrected chi connectivity index (χ4v) is 2.74. The first-order valence-corrected chi connectivity index (χ1v) is 7.74. The second-order valence-electron chi connectivity index (χ2n) is 5.79. The molecule has 2 N–H and O–H groups in total. The molecule has 4 nitrogen and oxygen atoms in total. The van der Waals surface area contributed by atoms with E-state index >= 15 is 0 Å². The molecule has 0 radical (unpaired) electrons. The van der Waals surface area contributed by atoms with Crippen molar-refractivity contribution in [2.45, 2.75) is 44.6 Å². The van der Waals surface area contributed by atoms with Gasteiger partial charge in [0.2, 0.25) is 0 Å². The lowest BCUT2D eigenvalue weighted by molar-refractivity contribution is 0.251. The van der Waals surface area contributed by atoms with Crippen LogP contribution in [0.4, 0.5) is 16.2 Å². The Morgan fingerprint density at radius 3 is 2.45 bits per heavy atom. The highest BCUT2D eigenvalue weighted by Gasteiger charge is 2.23. The first-order valence-electron chi connectivity index (χ1n) is 7.74. The molecule has 1 heterocycles. The first-order chi connectivity index (χ1) is 9.83. The third kappa shape index (κ3) is 3.44. The van der Waals surface area contributed by atoms with E-state index in [9.17, 15) is 4.79 Å². The zero-order valence-corrected chi connectivity index (χ0v) is 11.9. The third-order valence-electron chi connectivity index (χ3n) is 4.01. The Hall–Kier alpha value is -1.71. The molecule has 1 aromatic rings. The van der Waals surface area contributed by atoms with E-state index in [0.717, 1.165) is 37.3 Å². The van der Waals surface area contributed by atoms with Gasteiger partial charge in [0.25, 0.3) is 0 Å². The number of para-hydroxylation sites is 2. The maximum Gasteiger partial charge on any atom is 0.319 e. The van der Waals surface area contributed by atoms with Crippen molar-refractivity contribution >= 4 is 17.4 Å². The Morgan fingerprint density at radius 2 is 1.75 bits per heavy atom. The second-order valence-corrected chi connectivity index (χ2v) is 5.79. The molecule has 3 rings (SSSR count). The largest absolute Gasteiger partial charge is 0.370 e. The van der Waals surface area contributed by atoms with Crippen LogP contribution >= 0.6 is 0 Å². The van der Waals surface area contributed by atoms with Crippen LogP contribution in [0.1, 0.15) is 38.5 Å². The zero-order chi connectivity index (χ0) is 13.8. The lowest BCUT2D eigenvalue weighted by atomic mass is 10.2. The van der Waals surface area contributed by atoms with Gasteiger partial charge >= 0.3 is 6.03 Å². The van der Waals surface area contributed by atoms with E-state index in [2.05, 4.69) is 21.6 Å². The number of anilines is 2. The van der Waals surface area contributed by atoms with E-state index in [1.807, 2.05) is 18.2 Å². The fourth-order valence-electron chi connectivity index (χ4n) is 2.74. The van der Waals surface area contributed by atoms with Gasteiger partial charge < -0.3 is 15.5 Å². The van der Waals surface area contributed by atoms with Crippen molar-refractivity contribution in [3.63, 3.8) is 0 Å². The molecule has 108 valence electrons. The molecule has 0 aromatic heterocycles. The van der Waals surface area contributed by atoms with Gasteiger partial charge in [0.15, 0.2) is 0 Å². The molecular weight excluding hydrogens is 250 g/mol. The first kappa shape index (κ1) is 13.3. The van der Waals surface area contributed by atoms with Crippen LogP contribution in [0.3, 0.4) is 0 Å². The van der Waals surface area contributed by atoms with Crippen LogP contribution in [0.15, 0.2) is 24.3 Å². The number of benzene rings is 1. The Morgan fingerprint density at radius 1 is 1.05 bits per heavy atom. The summed E-state index contributed by atoms with van der Waals surface area (Å²) >= 11 is 0. The second kappa shape index (κ2) is 6.16. The van der Waals surface area contributed by atoms with Crippen LogP contribution in [0, 0.1) is 0 Å². The molecule has 1 aliphatic carbocycles. The fraction of sp³-hybridized carbons (Fsp3) is 0.562. The number of hydrogen-bond donors (Lipinski definition) is 2. The van der Waals surface area contributed by atoms with Gasteiger partial charge in [0.05, 0.1) is 11.4 Å². The minimum absolute atomic E-state index is 0.0743. The summed E-state index contributed by atoms with van der Waals surface area (Å²) in [5.74, 6) is 0. The summed E-state index contributed by atoms with van der Waals surface area (Å²) in [6.07, 6.45) is 7.33. The van der Waals surface area contributed by atoms with Crippen molar-refractivity contribution in [3.05, 3.63) is 24.3 Å². The lowest BCUT2D eigenvalue weighted by Gasteiger charge is -2.25. The Bertz CT molecular complexity index is 463. The van der Waals surface area contributed by atoms with Gasteiger partial charge in [-0.25, -0.2) is 4.79 Å². The highest BCUT2D eigenvalue weighted by atomic mass is 16.2. The highest BCUT2D eigenvalue weighted by molar-refractivity contribution is 5.93. The summed E-state index contributed by atoms with van der Waals surface area (Å²) in [5.41, 5.74) is 2.08. The molecule has 0 spiro atoms. The summed E-state index contributed by atoms with van der Waals surface area (Å²) in [4.78, 5) is 14.3. The average molecular weight is 273 g/mol. The summed E-state index contributed by atoms with van der Waals surface area (Å²) < 4.78 is 0. The predicted octanol–water partition coefficient (Wildman–Crippen LogP) is 3.35. The van der Waals surface area contributed by atoms with Crippen LogP contribution in [0.25, 0.3) is 0 Å². The lowest BCUT2D eigenvalue weighted by Crippen LogP contribution is -2.32. The van der Waals surface area contributed by atoms with Gasteiger partial charge in [-0.2, -0.15) is 0 Å². The molecule has 2 aliphatic rings. The SMILES string of the molecule is O=C(Nc1ccccc1N1CCCCCC1)NC1CC1. The standard InChI is InChI=1S/C16H23N3O/c20-16(17-13-9-10-13)18-14-7-3-4-8-15(14)19-11-5-1-2-6-12-19/h3-4,7-8,13H,1-2,5-6,9-12H2,(H2,17,18,20). The molecule has 0 atom stereocenters. The number of carbonyl (C=O) groups excluding carboxylic acids is 1. The third-order valence-corrected chi connectivity index (χ3v) is 4.01. The van der Waals surface area contributed by atoms with E-state index in [1.54, 1.807) is 0 Å². The molecular formula is C16H23N3O. The number of rotatable bonds is 3. The van der Waals surface area contributed by atoms with Crippen LogP contribution in [-0.2, 0) is 0 Å². The van der Waals surface area contributed by atoms with Gasteiger partial charge in [0, 0.05) is 19.1 Å². The number of urea groups is 1. The number of nitrogens with zero attached hydrogens (tertiary/aromatic N) is 1.